The molecule has 0 unspecified atom stereocenters. The Morgan fingerprint density at radius 2 is 1.07 bits per heavy atom. The van der Waals surface area contributed by atoms with Crippen LogP contribution in [0.25, 0.3) is 17.1 Å². The molecule has 10 nitrogen and oxygen atoms in total. The molecule has 1 heterocycles. The SMILES string of the molecule is COc1cc(-c2nnnn2-c2cc(OC)c(OC)c(OC)c2)cc(OC)c1OC. The van der Waals surface area contributed by atoms with Crippen LogP contribution in [0.3, 0.4) is 0 Å². The molecule has 0 radical (unpaired) electrons. The summed E-state index contributed by atoms with van der Waals surface area (Å²) >= 11 is 0. The van der Waals surface area contributed by atoms with Crippen molar-refractivity contribution < 1.29 is 28.4 Å². The lowest BCUT2D eigenvalue weighted by Crippen LogP contribution is -2.03. The van der Waals surface area contributed by atoms with Gasteiger partial charge in [-0.25, -0.2) is 0 Å². The fourth-order valence-electron chi connectivity index (χ4n) is 2.94. The molecular formula is C19H22N4O6. The van der Waals surface area contributed by atoms with Gasteiger partial charge in [-0.15, -0.1) is 5.10 Å². The maximum absolute atomic E-state index is 5.43. The monoisotopic (exact) mass is 402 g/mol. The second kappa shape index (κ2) is 8.55. The van der Waals surface area contributed by atoms with Crippen LogP contribution in [0.1, 0.15) is 0 Å². The van der Waals surface area contributed by atoms with Crippen LogP contribution < -0.4 is 28.4 Å². The number of rotatable bonds is 8. The molecule has 0 aliphatic carbocycles. The zero-order valence-corrected chi connectivity index (χ0v) is 17.0. The van der Waals surface area contributed by atoms with Crippen molar-refractivity contribution in [3.63, 3.8) is 0 Å². The highest BCUT2D eigenvalue weighted by Crippen LogP contribution is 2.42. The standard InChI is InChI=1S/C19H22N4O6/c1-24-13-7-11(8-14(25-2)17(13)28-5)19-20-21-22-23(19)12-9-15(26-3)18(29-6)16(10-12)27-4/h7-10H,1-6H3. The minimum Gasteiger partial charge on any atom is -0.493 e. The summed E-state index contributed by atoms with van der Waals surface area (Å²) < 4.78 is 34.0. The molecule has 0 N–H and O–H groups in total. The van der Waals surface area contributed by atoms with Crippen LogP contribution in [0, 0.1) is 0 Å². The third-order valence-corrected chi connectivity index (χ3v) is 4.29. The first-order chi connectivity index (χ1) is 14.1. The fraction of sp³-hybridized carbons (Fsp3) is 0.316. The molecule has 0 amide bonds. The molecular weight excluding hydrogens is 380 g/mol. The maximum Gasteiger partial charge on any atom is 0.203 e. The lowest BCUT2D eigenvalue weighted by atomic mass is 10.1. The molecule has 0 aliphatic heterocycles. The molecule has 0 fully saturated rings. The van der Waals surface area contributed by atoms with E-state index in [0.717, 1.165) is 0 Å². The summed E-state index contributed by atoms with van der Waals surface area (Å²) in [7, 11) is 9.26. The van der Waals surface area contributed by atoms with Crippen molar-refractivity contribution in [1.29, 1.82) is 0 Å². The van der Waals surface area contributed by atoms with Crippen LogP contribution in [0.15, 0.2) is 24.3 Å². The van der Waals surface area contributed by atoms with E-state index >= 15 is 0 Å². The van der Waals surface area contributed by atoms with E-state index in [2.05, 4.69) is 15.5 Å². The Morgan fingerprint density at radius 1 is 0.621 bits per heavy atom. The van der Waals surface area contributed by atoms with Crippen LogP contribution in [-0.2, 0) is 0 Å². The lowest BCUT2D eigenvalue weighted by Gasteiger charge is -2.15. The predicted octanol–water partition coefficient (Wildman–Crippen LogP) is 2.38. The molecule has 0 saturated heterocycles. The zero-order chi connectivity index (χ0) is 21.0. The average Bonchev–Trinajstić information content (AvgIpc) is 3.26. The molecule has 0 aliphatic rings. The second-order valence-corrected chi connectivity index (χ2v) is 5.71. The average molecular weight is 402 g/mol. The smallest absolute Gasteiger partial charge is 0.203 e. The summed E-state index contributed by atoms with van der Waals surface area (Å²) in [6.45, 7) is 0. The van der Waals surface area contributed by atoms with Crippen LogP contribution in [0.2, 0.25) is 0 Å². The zero-order valence-electron chi connectivity index (χ0n) is 17.0. The Bertz CT molecular complexity index is 876. The molecule has 2 aromatic carbocycles. The Morgan fingerprint density at radius 3 is 1.48 bits per heavy atom. The van der Waals surface area contributed by atoms with Gasteiger partial charge in [-0.3, -0.25) is 0 Å². The Balaban J connectivity index is 2.19. The number of hydrogen-bond acceptors (Lipinski definition) is 9. The summed E-state index contributed by atoms with van der Waals surface area (Å²) in [5.41, 5.74) is 1.28. The summed E-state index contributed by atoms with van der Waals surface area (Å²) in [5, 5.41) is 12.1. The Kier molecular flexibility index (Phi) is 5.91. The topological polar surface area (TPSA) is 99.0 Å². The van der Waals surface area contributed by atoms with E-state index in [1.165, 1.54) is 0 Å². The van der Waals surface area contributed by atoms with Crippen LogP contribution in [0.5, 0.6) is 34.5 Å². The highest BCUT2D eigenvalue weighted by Gasteiger charge is 2.21. The first-order valence-electron chi connectivity index (χ1n) is 8.50. The van der Waals surface area contributed by atoms with Crippen molar-refractivity contribution in [3.8, 4) is 51.6 Å². The van der Waals surface area contributed by atoms with Gasteiger partial charge in [0.25, 0.3) is 0 Å². The first kappa shape index (κ1) is 20.1. The van der Waals surface area contributed by atoms with Gasteiger partial charge in [-0.2, -0.15) is 4.68 Å². The Hall–Kier alpha value is -3.69. The molecule has 0 spiro atoms. The second-order valence-electron chi connectivity index (χ2n) is 5.71. The Labute approximate surface area is 167 Å². The number of methoxy groups -OCH3 is 6. The number of benzene rings is 2. The van der Waals surface area contributed by atoms with Crippen molar-refractivity contribution in [1.82, 2.24) is 20.2 Å². The van der Waals surface area contributed by atoms with E-state index < -0.39 is 0 Å². The van der Waals surface area contributed by atoms with Gasteiger partial charge in [0.1, 0.15) is 0 Å². The van der Waals surface area contributed by atoms with E-state index in [9.17, 15) is 0 Å². The van der Waals surface area contributed by atoms with Gasteiger partial charge in [-0.1, -0.05) is 0 Å². The molecule has 0 saturated carbocycles. The van der Waals surface area contributed by atoms with Gasteiger partial charge in [0.2, 0.25) is 11.5 Å². The first-order valence-corrected chi connectivity index (χ1v) is 8.50. The molecule has 29 heavy (non-hydrogen) atoms. The number of aromatic nitrogens is 4. The number of ether oxygens (including phenoxy) is 6. The molecule has 154 valence electrons. The van der Waals surface area contributed by atoms with Crippen molar-refractivity contribution in [2.45, 2.75) is 0 Å². The largest absolute Gasteiger partial charge is 0.493 e. The predicted molar refractivity (Wildman–Crippen MR) is 104 cm³/mol. The third kappa shape index (κ3) is 3.56. The van der Waals surface area contributed by atoms with Crippen LogP contribution in [0.4, 0.5) is 0 Å². The van der Waals surface area contributed by atoms with Gasteiger partial charge >= 0.3 is 0 Å². The summed E-state index contributed by atoms with van der Waals surface area (Å²) in [4.78, 5) is 0. The third-order valence-electron chi connectivity index (χ3n) is 4.29. The molecule has 3 aromatic rings. The van der Waals surface area contributed by atoms with Crippen molar-refractivity contribution >= 4 is 0 Å². The lowest BCUT2D eigenvalue weighted by molar-refractivity contribution is 0.324. The summed E-state index contributed by atoms with van der Waals surface area (Å²) in [6, 6.07) is 7.03. The number of nitrogens with zero attached hydrogens (tertiary/aromatic N) is 4. The fourth-order valence-corrected chi connectivity index (χ4v) is 2.94. The van der Waals surface area contributed by atoms with Crippen LogP contribution >= 0.6 is 0 Å². The number of hydrogen-bond donors (Lipinski definition) is 0. The van der Waals surface area contributed by atoms with Gasteiger partial charge in [0, 0.05) is 17.7 Å². The van der Waals surface area contributed by atoms with Crippen LogP contribution in [-0.4, -0.2) is 62.9 Å². The van der Waals surface area contributed by atoms with E-state index in [0.29, 0.717) is 51.6 Å². The van der Waals surface area contributed by atoms with Gasteiger partial charge in [0.05, 0.1) is 48.3 Å². The summed E-state index contributed by atoms with van der Waals surface area (Å²) in [6.07, 6.45) is 0. The highest BCUT2D eigenvalue weighted by molar-refractivity contribution is 5.68. The number of tetrazole rings is 1. The maximum atomic E-state index is 5.43. The molecule has 1 aromatic heterocycles. The quantitative estimate of drug-likeness (QED) is 0.562. The van der Waals surface area contributed by atoms with E-state index in [1.807, 2.05) is 0 Å². The molecule has 0 atom stereocenters. The van der Waals surface area contributed by atoms with Crippen molar-refractivity contribution in [3.05, 3.63) is 24.3 Å². The minimum absolute atomic E-state index is 0.457. The summed E-state index contributed by atoms with van der Waals surface area (Å²) in [5.74, 6) is 3.34. The van der Waals surface area contributed by atoms with Gasteiger partial charge in [0.15, 0.2) is 28.8 Å². The van der Waals surface area contributed by atoms with Gasteiger partial charge in [-0.05, 0) is 22.6 Å². The molecule has 3 rings (SSSR count). The molecule has 0 bridgehead atoms. The molecule has 10 heteroatoms. The normalized spacial score (nSPS) is 10.4. The van der Waals surface area contributed by atoms with E-state index in [1.54, 1.807) is 71.6 Å². The van der Waals surface area contributed by atoms with Gasteiger partial charge < -0.3 is 28.4 Å². The van der Waals surface area contributed by atoms with E-state index in [-0.39, 0.29) is 0 Å². The van der Waals surface area contributed by atoms with Crippen molar-refractivity contribution in [2.24, 2.45) is 0 Å². The van der Waals surface area contributed by atoms with Crippen molar-refractivity contribution in [2.75, 3.05) is 42.7 Å². The highest BCUT2D eigenvalue weighted by atomic mass is 16.5. The van der Waals surface area contributed by atoms with E-state index in [4.69, 9.17) is 28.4 Å². The minimum atomic E-state index is 0.457.